The number of ether oxygens (including phenoxy) is 1. The normalized spacial score (nSPS) is 14.8. The highest BCUT2D eigenvalue weighted by atomic mass is 16.5. The van der Waals surface area contributed by atoms with Crippen molar-refractivity contribution in [1.82, 2.24) is 0 Å². The molecule has 0 bridgehead atoms. The summed E-state index contributed by atoms with van der Waals surface area (Å²) in [6.45, 7) is 2.21. The van der Waals surface area contributed by atoms with Crippen LogP contribution >= 0.6 is 0 Å². The van der Waals surface area contributed by atoms with Crippen LogP contribution in [0.25, 0.3) is 0 Å². The topological polar surface area (TPSA) is 68.1 Å². The molecule has 1 rings (SSSR count). The summed E-state index contributed by atoms with van der Waals surface area (Å²) in [5.41, 5.74) is -0.0200. The van der Waals surface area contributed by atoms with E-state index >= 15 is 0 Å². The highest BCUT2D eigenvalue weighted by Gasteiger charge is 2.16. The summed E-state index contributed by atoms with van der Waals surface area (Å²) >= 11 is 0. The SMILES string of the molecule is CCCOC(=O)C1=NC(=O)N=C1. The maximum absolute atomic E-state index is 11.0. The smallest absolute Gasteiger partial charge is 0.367 e. The third-order valence-electron chi connectivity index (χ3n) is 1.16. The Morgan fingerprint density at radius 2 is 2.42 bits per heavy atom. The first-order valence-electron chi connectivity index (χ1n) is 3.58. The summed E-state index contributed by atoms with van der Waals surface area (Å²) in [5.74, 6) is -0.591. The maximum atomic E-state index is 11.0. The molecule has 1 aliphatic heterocycles. The molecule has 0 aromatic carbocycles. The molecule has 0 aromatic rings. The fourth-order valence-corrected chi connectivity index (χ4v) is 0.644. The lowest BCUT2D eigenvalue weighted by Crippen LogP contribution is -2.17. The number of hydrogen-bond donors (Lipinski definition) is 0. The van der Waals surface area contributed by atoms with Crippen molar-refractivity contribution in [3.05, 3.63) is 0 Å². The van der Waals surface area contributed by atoms with E-state index in [-0.39, 0.29) is 5.71 Å². The second-order valence-corrected chi connectivity index (χ2v) is 2.17. The fraction of sp³-hybridized carbons (Fsp3) is 0.429. The summed E-state index contributed by atoms with van der Waals surface area (Å²) < 4.78 is 4.71. The van der Waals surface area contributed by atoms with E-state index in [1.807, 2.05) is 6.92 Å². The first kappa shape index (κ1) is 8.58. The van der Waals surface area contributed by atoms with E-state index in [0.29, 0.717) is 6.61 Å². The Kier molecular flexibility index (Phi) is 2.68. The van der Waals surface area contributed by atoms with Crippen LogP contribution in [0.2, 0.25) is 0 Å². The lowest BCUT2D eigenvalue weighted by atomic mass is 10.4. The van der Waals surface area contributed by atoms with Gasteiger partial charge in [0.15, 0.2) is 5.71 Å². The molecule has 1 aliphatic rings. The quantitative estimate of drug-likeness (QED) is 0.579. The number of amides is 2. The minimum atomic E-state index is -0.654. The zero-order chi connectivity index (χ0) is 8.97. The van der Waals surface area contributed by atoms with E-state index in [9.17, 15) is 9.59 Å². The zero-order valence-corrected chi connectivity index (χ0v) is 6.61. The average molecular weight is 168 g/mol. The van der Waals surface area contributed by atoms with E-state index in [4.69, 9.17) is 4.74 Å². The van der Waals surface area contributed by atoms with Crippen molar-refractivity contribution in [3.8, 4) is 0 Å². The Bertz CT molecular complexity index is 268. The van der Waals surface area contributed by atoms with Gasteiger partial charge in [0.1, 0.15) is 0 Å². The van der Waals surface area contributed by atoms with Gasteiger partial charge in [-0.1, -0.05) is 6.92 Å². The molecule has 0 aromatic heterocycles. The molecular weight excluding hydrogens is 160 g/mol. The minimum absolute atomic E-state index is 0.0200. The molecule has 1 heterocycles. The van der Waals surface area contributed by atoms with Gasteiger partial charge in [-0.3, -0.25) is 0 Å². The molecule has 0 unspecified atom stereocenters. The number of carbonyl (C=O) groups is 2. The van der Waals surface area contributed by atoms with Crippen molar-refractivity contribution in [3.63, 3.8) is 0 Å². The van der Waals surface area contributed by atoms with E-state index < -0.39 is 12.0 Å². The summed E-state index contributed by atoms with van der Waals surface area (Å²) in [7, 11) is 0. The van der Waals surface area contributed by atoms with Gasteiger partial charge in [-0.2, -0.15) is 9.98 Å². The molecule has 5 heteroatoms. The second kappa shape index (κ2) is 3.75. The van der Waals surface area contributed by atoms with Gasteiger partial charge in [-0.15, -0.1) is 0 Å². The monoisotopic (exact) mass is 168 g/mol. The number of nitrogens with zero attached hydrogens (tertiary/aromatic N) is 2. The lowest BCUT2D eigenvalue weighted by molar-refractivity contribution is -0.135. The molecule has 0 radical (unpaired) electrons. The van der Waals surface area contributed by atoms with Crippen molar-refractivity contribution >= 4 is 23.9 Å². The highest BCUT2D eigenvalue weighted by Crippen LogP contribution is 1.95. The molecule has 0 saturated carbocycles. The Morgan fingerprint density at radius 1 is 1.67 bits per heavy atom. The Hall–Kier alpha value is -1.52. The van der Waals surface area contributed by atoms with Crippen LogP contribution in [0, 0.1) is 0 Å². The highest BCUT2D eigenvalue weighted by molar-refractivity contribution is 6.62. The van der Waals surface area contributed by atoms with Gasteiger partial charge in [0.2, 0.25) is 0 Å². The first-order valence-corrected chi connectivity index (χ1v) is 3.58. The molecule has 12 heavy (non-hydrogen) atoms. The second-order valence-electron chi connectivity index (χ2n) is 2.17. The standard InChI is InChI=1S/C7H8N2O3/c1-2-3-12-6(10)5-4-8-7(11)9-5/h4H,2-3H2,1H3. The molecule has 0 N–H and O–H groups in total. The van der Waals surface area contributed by atoms with Crippen LogP contribution in [0.1, 0.15) is 13.3 Å². The Balaban J connectivity index is 2.49. The number of esters is 1. The average Bonchev–Trinajstić information content (AvgIpc) is 2.47. The van der Waals surface area contributed by atoms with Crippen LogP contribution in [0.4, 0.5) is 4.79 Å². The molecular formula is C7H8N2O3. The molecule has 0 spiro atoms. The Labute approximate surface area is 69.2 Å². The van der Waals surface area contributed by atoms with Crippen molar-refractivity contribution < 1.29 is 14.3 Å². The van der Waals surface area contributed by atoms with Crippen LogP contribution in [0.5, 0.6) is 0 Å². The Morgan fingerprint density at radius 3 is 2.92 bits per heavy atom. The van der Waals surface area contributed by atoms with E-state index in [1.54, 1.807) is 0 Å². The molecule has 5 nitrogen and oxygen atoms in total. The number of carbonyl (C=O) groups excluding carboxylic acids is 2. The van der Waals surface area contributed by atoms with Crippen LogP contribution < -0.4 is 0 Å². The number of hydrogen-bond acceptors (Lipinski definition) is 3. The van der Waals surface area contributed by atoms with Crippen molar-refractivity contribution in [1.29, 1.82) is 0 Å². The third-order valence-corrected chi connectivity index (χ3v) is 1.16. The number of aliphatic imine (C=N–C) groups is 2. The number of urea groups is 1. The zero-order valence-electron chi connectivity index (χ0n) is 6.61. The number of rotatable bonds is 3. The van der Waals surface area contributed by atoms with Gasteiger partial charge in [0.05, 0.1) is 12.8 Å². The summed E-state index contributed by atoms with van der Waals surface area (Å²) in [4.78, 5) is 28.0. The summed E-state index contributed by atoms with van der Waals surface area (Å²) in [6, 6.07) is -0.654. The molecule has 0 fully saturated rings. The summed E-state index contributed by atoms with van der Waals surface area (Å²) in [5, 5.41) is 0. The van der Waals surface area contributed by atoms with Gasteiger partial charge >= 0.3 is 12.0 Å². The molecule has 0 saturated heterocycles. The van der Waals surface area contributed by atoms with Crippen molar-refractivity contribution in [2.45, 2.75) is 13.3 Å². The molecule has 0 aliphatic carbocycles. The largest absolute Gasteiger partial charge is 0.461 e. The van der Waals surface area contributed by atoms with Crippen LogP contribution in [-0.2, 0) is 9.53 Å². The van der Waals surface area contributed by atoms with Gasteiger partial charge < -0.3 is 4.74 Å². The molecule has 0 atom stereocenters. The van der Waals surface area contributed by atoms with Gasteiger partial charge in [0.25, 0.3) is 0 Å². The first-order chi connectivity index (χ1) is 5.74. The predicted molar refractivity (Wildman–Crippen MR) is 42.6 cm³/mol. The third kappa shape index (κ3) is 1.98. The van der Waals surface area contributed by atoms with E-state index in [2.05, 4.69) is 9.98 Å². The summed E-state index contributed by atoms with van der Waals surface area (Å²) in [6.07, 6.45) is 1.85. The van der Waals surface area contributed by atoms with Gasteiger partial charge in [-0.05, 0) is 6.42 Å². The maximum Gasteiger partial charge on any atom is 0.367 e. The van der Waals surface area contributed by atoms with Crippen molar-refractivity contribution in [2.24, 2.45) is 9.98 Å². The predicted octanol–water partition coefficient (Wildman–Crippen LogP) is 0.585. The molecule has 64 valence electrons. The van der Waals surface area contributed by atoms with Gasteiger partial charge in [-0.25, -0.2) is 9.59 Å². The van der Waals surface area contributed by atoms with Crippen LogP contribution in [-0.4, -0.2) is 30.5 Å². The van der Waals surface area contributed by atoms with Crippen molar-refractivity contribution in [2.75, 3.05) is 6.61 Å². The minimum Gasteiger partial charge on any atom is -0.461 e. The van der Waals surface area contributed by atoms with Crippen LogP contribution in [0.3, 0.4) is 0 Å². The van der Waals surface area contributed by atoms with E-state index in [0.717, 1.165) is 12.6 Å². The fourth-order valence-electron chi connectivity index (χ4n) is 0.644. The van der Waals surface area contributed by atoms with Gasteiger partial charge in [0, 0.05) is 0 Å². The molecule has 2 amide bonds. The van der Waals surface area contributed by atoms with Crippen LogP contribution in [0.15, 0.2) is 9.98 Å². The van der Waals surface area contributed by atoms with E-state index in [1.165, 1.54) is 0 Å². The lowest BCUT2D eigenvalue weighted by Gasteiger charge is -1.98.